The molecular formula is C16H6Cl2F6N2O2. The second kappa shape index (κ2) is 9.52. The number of rotatable bonds is 2. The van der Waals surface area contributed by atoms with E-state index in [2.05, 4.69) is 9.98 Å². The number of aliphatic imine (C=N–C) groups is 2. The van der Waals surface area contributed by atoms with E-state index in [0.29, 0.717) is 12.1 Å². The number of isocyanates is 2. The van der Waals surface area contributed by atoms with Crippen LogP contribution < -0.4 is 0 Å². The monoisotopic (exact) mass is 442 g/mol. The number of nitrogens with zero attached hydrogens (tertiary/aromatic N) is 2. The van der Waals surface area contributed by atoms with Crippen molar-refractivity contribution in [3.63, 3.8) is 0 Å². The Morgan fingerprint density at radius 2 is 1.32 bits per heavy atom. The minimum absolute atomic E-state index is 0.0674. The third kappa shape index (κ3) is 6.83. The first-order chi connectivity index (χ1) is 12.9. The topological polar surface area (TPSA) is 58.9 Å². The summed E-state index contributed by atoms with van der Waals surface area (Å²) in [5.74, 6) is 0. The molecule has 0 heterocycles. The lowest BCUT2D eigenvalue weighted by Crippen LogP contribution is -2.05. The highest BCUT2D eigenvalue weighted by atomic mass is 35.5. The molecule has 12 heteroatoms. The van der Waals surface area contributed by atoms with Gasteiger partial charge in [-0.05, 0) is 36.4 Å². The maximum absolute atomic E-state index is 12.3. The summed E-state index contributed by atoms with van der Waals surface area (Å²) >= 11 is 10.7. The van der Waals surface area contributed by atoms with Gasteiger partial charge >= 0.3 is 12.4 Å². The number of carbonyl (C=O) groups excluding carboxylic acids is 2. The Bertz CT molecular complexity index is 947. The molecule has 28 heavy (non-hydrogen) atoms. The quantitative estimate of drug-likeness (QED) is 0.297. The minimum atomic E-state index is -4.58. The third-order valence-corrected chi connectivity index (χ3v) is 3.42. The Hall–Kier alpha value is -2.64. The van der Waals surface area contributed by atoms with Crippen molar-refractivity contribution in [1.82, 2.24) is 0 Å². The van der Waals surface area contributed by atoms with Crippen molar-refractivity contribution in [2.45, 2.75) is 12.4 Å². The molecule has 148 valence electrons. The molecule has 0 unspecified atom stereocenters. The van der Waals surface area contributed by atoms with Gasteiger partial charge in [0.1, 0.15) is 0 Å². The summed E-state index contributed by atoms with van der Waals surface area (Å²) in [6.07, 6.45) is -6.94. The molecule has 0 fully saturated rings. The fourth-order valence-corrected chi connectivity index (χ4v) is 2.13. The molecule has 0 radical (unpaired) electrons. The van der Waals surface area contributed by atoms with Crippen LogP contribution >= 0.6 is 23.2 Å². The summed E-state index contributed by atoms with van der Waals surface area (Å²) < 4.78 is 73.6. The van der Waals surface area contributed by atoms with Gasteiger partial charge in [0, 0.05) is 5.02 Å². The van der Waals surface area contributed by atoms with Gasteiger partial charge in [-0.2, -0.15) is 36.3 Å². The van der Waals surface area contributed by atoms with Crippen LogP contribution in [0.4, 0.5) is 37.7 Å². The molecule has 0 bridgehead atoms. The second-order valence-corrected chi connectivity index (χ2v) is 5.57. The molecule has 0 atom stereocenters. The van der Waals surface area contributed by atoms with Crippen LogP contribution in [0.5, 0.6) is 0 Å². The molecule has 4 nitrogen and oxygen atoms in total. The van der Waals surface area contributed by atoms with E-state index in [4.69, 9.17) is 23.2 Å². The molecule has 0 saturated carbocycles. The summed E-state index contributed by atoms with van der Waals surface area (Å²) in [6, 6.07) is 5.84. The van der Waals surface area contributed by atoms with E-state index in [1.165, 1.54) is 12.1 Å². The highest BCUT2D eigenvalue weighted by Crippen LogP contribution is 2.38. The van der Waals surface area contributed by atoms with Gasteiger partial charge in [0.2, 0.25) is 12.2 Å². The molecule has 0 aliphatic rings. The lowest BCUT2D eigenvalue weighted by Gasteiger charge is -2.08. The van der Waals surface area contributed by atoms with Crippen LogP contribution in [0.15, 0.2) is 46.4 Å². The van der Waals surface area contributed by atoms with Gasteiger partial charge in [0.05, 0.1) is 27.5 Å². The first-order valence-corrected chi connectivity index (χ1v) is 7.55. The largest absolute Gasteiger partial charge is 0.418 e. The van der Waals surface area contributed by atoms with Crippen LogP contribution in [0.1, 0.15) is 11.1 Å². The molecule has 0 aromatic heterocycles. The lowest BCUT2D eigenvalue weighted by molar-refractivity contribution is -0.138. The molecule has 2 aromatic rings. The SMILES string of the molecule is O=C=Nc1ccc(Cl)c(C(F)(F)F)c1.O=C=Nc1ccc(Cl)cc1C(F)(F)F. The molecule has 0 spiro atoms. The standard InChI is InChI=1S/2C8H3ClF3NO/c9-7-2-1-5(13-4-14)3-6(7)8(10,11)12;9-5-1-2-7(13-4-14)6(3-5)8(10,11)12/h2*1-3H. The summed E-state index contributed by atoms with van der Waals surface area (Å²) in [6.45, 7) is 0. The van der Waals surface area contributed by atoms with E-state index in [-0.39, 0.29) is 10.7 Å². The van der Waals surface area contributed by atoms with Gasteiger partial charge in [-0.1, -0.05) is 23.2 Å². The summed E-state index contributed by atoms with van der Waals surface area (Å²) in [5.41, 5.74) is -2.68. The third-order valence-electron chi connectivity index (χ3n) is 2.86. The average molecular weight is 443 g/mol. The number of alkyl halides is 6. The van der Waals surface area contributed by atoms with Crippen LogP contribution in [0, 0.1) is 0 Å². The van der Waals surface area contributed by atoms with Crippen LogP contribution in [-0.2, 0) is 21.9 Å². The van der Waals surface area contributed by atoms with E-state index < -0.39 is 34.2 Å². The van der Waals surface area contributed by atoms with Crippen molar-refractivity contribution in [2.75, 3.05) is 0 Å². The molecule has 0 aliphatic heterocycles. The zero-order valence-electron chi connectivity index (χ0n) is 13.2. The first-order valence-electron chi connectivity index (χ1n) is 6.79. The average Bonchev–Trinajstić information content (AvgIpc) is 2.57. The van der Waals surface area contributed by atoms with Crippen LogP contribution in [0.3, 0.4) is 0 Å². The lowest BCUT2D eigenvalue weighted by atomic mass is 10.2. The zero-order valence-corrected chi connectivity index (χ0v) is 14.7. The fourth-order valence-electron chi connectivity index (χ4n) is 1.73. The number of hydrogen-bond donors (Lipinski definition) is 0. The first kappa shape index (κ1) is 23.4. The Labute approximate surface area is 163 Å². The van der Waals surface area contributed by atoms with Crippen molar-refractivity contribution < 1.29 is 35.9 Å². The molecular weight excluding hydrogens is 437 g/mol. The minimum Gasteiger partial charge on any atom is -0.211 e. The zero-order chi connectivity index (χ0) is 21.5. The van der Waals surface area contributed by atoms with Gasteiger partial charge in [-0.25, -0.2) is 9.59 Å². The van der Waals surface area contributed by atoms with Crippen LogP contribution in [-0.4, -0.2) is 12.2 Å². The Morgan fingerprint density at radius 3 is 1.82 bits per heavy atom. The van der Waals surface area contributed by atoms with Gasteiger partial charge in [0.25, 0.3) is 0 Å². The van der Waals surface area contributed by atoms with E-state index in [1.807, 2.05) is 0 Å². The van der Waals surface area contributed by atoms with Crippen molar-refractivity contribution in [3.8, 4) is 0 Å². The van der Waals surface area contributed by atoms with Gasteiger partial charge in [-0.15, -0.1) is 0 Å². The van der Waals surface area contributed by atoms with Gasteiger partial charge in [0.15, 0.2) is 0 Å². The van der Waals surface area contributed by atoms with E-state index in [0.717, 1.165) is 24.3 Å². The highest BCUT2D eigenvalue weighted by molar-refractivity contribution is 6.31. The second-order valence-electron chi connectivity index (χ2n) is 4.73. The van der Waals surface area contributed by atoms with Gasteiger partial charge in [-0.3, -0.25) is 0 Å². The molecule has 0 aliphatic carbocycles. The molecule has 0 amide bonds. The normalized spacial score (nSPS) is 10.9. The highest BCUT2D eigenvalue weighted by Gasteiger charge is 2.34. The molecule has 0 saturated heterocycles. The van der Waals surface area contributed by atoms with Crippen molar-refractivity contribution in [3.05, 3.63) is 57.6 Å². The van der Waals surface area contributed by atoms with Gasteiger partial charge < -0.3 is 0 Å². The molecule has 2 aromatic carbocycles. The number of halogens is 8. The maximum Gasteiger partial charge on any atom is 0.418 e. The fraction of sp³-hybridized carbons (Fsp3) is 0.125. The van der Waals surface area contributed by atoms with Crippen LogP contribution in [0.25, 0.3) is 0 Å². The predicted molar refractivity (Wildman–Crippen MR) is 88.5 cm³/mol. The summed E-state index contributed by atoms with van der Waals surface area (Å²) in [7, 11) is 0. The van der Waals surface area contributed by atoms with E-state index in [1.54, 1.807) is 0 Å². The van der Waals surface area contributed by atoms with Crippen molar-refractivity contribution >= 4 is 46.7 Å². The van der Waals surface area contributed by atoms with Crippen molar-refractivity contribution in [2.24, 2.45) is 9.98 Å². The Balaban J connectivity index is 0.000000280. The maximum atomic E-state index is 12.3. The molecule has 2 rings (SSSR count). The number of hydrogen-bond acceptors (Lipinski definition) is 4. The predicted octanol–water partition coefficient (Wildman–Crippen LogP) is 6.65. The van der Waals surface area contributed by atoms with E-state index >= 15 is 0 Å². The summed E-state index contributed by atoms with van der Waals surface area (Å²) in [5, 5.41) is -0.496. The number of benzene rings is 2. The van der Waals surface area contributed by atoms with Crippen LogP contribution in [0.2, 0.25) is 10.0 Å². The smallest absolute Gasteiger partial charge is 0.211 e. The Morgan fingerprint density at radius 1 is 0.750 bits per heavy atom. The van der Waals surface area contributed by atoms with Crippen molar-refractivity contribution in [1.29, 1.82) is 0 Å². The molecule has 0 N–H and O–H groups in total. The Kier molecular flexibility index (Phi) is 7.96. The summed E-state index contributed by atoms with van der Waals surface area (Å²) in [4.78, 5) is 25.6. The van der Waals surface area contributed by atoms with E-state index in [9.17, 15) is 35.9 Å².